The number of nitrogens with one attached hydrogen (secondary N) is 1. The molecule has 1 saturated carbocycles. The van der Waals surface area contributed by atoms with Gasteiger partial charge in [0.15, 0.2) is 0 Å². The molecule has 1 aliphatic carbocycles. The topological polar surface area (TPSA) is 55.4 Å². The second-order valence-electron chi connectivity index (χ2n) is 4.53. The summed E-state index contributed by atoms with van der Waals surface area (Å²) in [6.07, 6.45) is 2.67. The Balaban J connectivity index is 2.00. The minimum atomic E-state index is -3.16. The fourth-order valence-corrected chi connectivity index (χ4v) is 3.09. The van der Waals surface area contributed by atoms with Crippen molar-refractivity contribution >= 4 is 10.0 Å². The summed E-state index contributed by atoms with van der Waals surface area (Å²) in [5.74, 6) is 0.909. The maximum atomic E-state index is 11.6. The van der Waals surface area contributed by atoms with Crippen LogP contribution in [0.1, 0.15) is 26.2 Å². The highest BCUT2D eigenvalue weighted by molar-refractivity contribution is 7.89. The average molecular weight is 269 g/mol. The summed E-state index contributed by atoms with van der Waals surface area (Å²) in [5, 5.41) is 0. The summed E-state index contributed by atoms with van der Waals surface area (Å²) in [7, 11) is -3.16. The van der Waals surface area contributed by atoms with Crippen LogP contribution in [-0.2, 0) is 10.0 Å². The van der Waals surface area contributed by atoms with Crippen LogP contribution >= 0.6 is 0 Å². The second kappa shape index (κ2) is 5.71. The molecule has 1 aliphatic rings. The minimum Gasteiger partial charge on any atom is -0.489 e. The Morgan fingerprint density at radius 2 is 2.00 bits per heavy atom. The van der Waals surface area contributed by atoms with Crippen molar-refractivity contribution in [1.82, 2.24) is 4.72 Å². The molecule has 0 amide bonds. The molecule has 1 aromatic rings. The van der Waals surface area contributed by atoms with E-state index in [0.29, 0.717) is 0 Å². The Hall–Kier alpha value is -1.07. The Morgan fingerprint density at radius 1 is 1.28 bits per heavy atom. The Labute approximate surface area is 108 Å². The zero-order chi connectivity index (χ0) is 13.0. The van der Waals surface area contributed by atoms with E-state index in [1.807, 2.05) is 30.3 Å². The van der Waals surface area contributed by atoms with Gasteiger partial charge in [-0.1, -0.05) is 18.2 Å². The van der Waals surface area contributed by atoms with Crippen LogP contribution in [-0.4, -0.2) is 26.3 Å². The molecule has 0 spiro atoms. The van der Waals surface area contributed by atoms with Crippen molar-refractivity contribution in [2.75, 3.05) is 5.75 Å². The highest BCUT2D eigenvalue weighted by Crippen LogP contribution is 2.25. The number of para-hydroxylation sites is 1. The van der Waals surface area contributed by atoms with Gasteiger partial charge in [-0.25, -0.2) is 13.1 Å². The van der Waals surface area contributed by atoms with E-state index in [-0.39, 0.29) is 17.9 Å². The van der Waals surface area contributed by atoms with E-state index in [4.69, 9.17) is 4.74 Å². The van der Waals surface area contributed by atoms with E-state index in [0.717, 1.165) is 25.0 Å². The molecular weight excluding hydrogens is 250 g/mol. The molecule has 0 aromatic heterocycles. The van der Waals surface area contributed by atoms with Crippen LogP contribution in [0.4, 0.5) is 0 Å². The molecule has 4 nitrogen and oxygen atoms in total. The van der Waals surface area contributed by atoms with Gasteiger partial charge in [0, 0.05) is 0 Å². The Morgan fingerprint density at radius 3 is 2.67 bits per heavy atom. The van der Waals surface area contributed by atoms with Crippen molar-refractivity contribution in [1.29, 1.82) is 0 Å². The molecule has 2 rings (SSSR count). The largest absolute Gasteiger partial charge is 0.489 e. The average Bonchev–Trinajstić information content (AvgIpc) is 2.77. The van der Waals surface area contributed by atoms with Gasteiger partial charge in [-0.05, 0) is 38.3 Å². The predicted molar refractivity (Wildman–Crippen MR) is 71.1 cm³/mol. The van der Waals surface area contributed by atoms with Gasteiger partial charge in [-0.3, -0.25) is 0 Å². The quantitative estimate of drug-likeness (QED) is 0.888. The number of ether oxygens (including phenoxy) is 1. The van der Waals surface area contributed by atoms with Crippen LogP contribution in [0.15, 0.2) is 30.3 Å². The molecule has 0 unspecified atom stereocenters. The third-order valence-electron chi connectivity index (χ3n) is 3.19. The van der Waals surface area contributed by atoms with E-state index in [1.165, 1.54) is 0 Å². The van der Waals surface area contributed by atoms with Crippen LogP contribution in [0.3, 0.4) is 0 Å². The molecule has 18 heavy (non-hydrogen) atoms. The van der Waals surface area contributed by atoms with Crippen molar-refractivity contribution in [2.24, 2.45) is 0 Å². The summed E-state index contributed by atoms with van der Waals surface area (Å²) < 4.78 is 31.7. The van der Waals surface area contributed by atoms with Gasteiger partial charge >= 0.3 is 0 Å². The standard InChI is InChI=1S/C13H19NO3S/c1-2-18(15,16)14-12-9-6-10-13(12)17-11-7-4-3-5-8-11/h3-5,7-8,12-14H,2,6,9-10H2,1H3/t12-,13+/m0/s1. The highest BCUT2D eigenvalue weighted by atomic mass is 32.2. The maximum Gasteiger partial charge on any atom is 0.211 e. The van der Waals surface area contributed by atoms with Crippen molar-refractivity contribution in [3.05, 3.63) is 30.3 Å². The first-order valence-corrected chi connectivity index (χ1v) is 7.97. The number of sulfonamides is 1. The van der Waals surface area contributed by atoms with Crippen molar-refractivity contribution in [3.63, 3.8) is 0 Å². The predicted octanol–water partition coefficient (Wildman–Crippen LogP) is 1.93. The smallest absolute Gasteiger partial charge is 0.211 e. The zero-order valence-corrected chi connectivity index (χ0v) is 11.3. The molecule has 5 heteroatoms. The normalized spacial score (nSPS) is 24.1. The van der Waals surface area contributed by atoms with Gasteiger partial charge < -0.3 is 4.74 Å². The molecule has 100 valence electrons. The maximum absolute atomic E-state index is 11.6. The van der Waals surface area contributed by atoms with E-state index >= 15 is 0 Å². The number of hydrogen-bond acceptors (Lipinski definition) is 3. The van der Waals surface area contributed by atoms with Gasteiger partial charge in [0.25, 0.3) is 0 Å². The van der Waals surface area contributed by atoms with Crippen molar-refractivity contribution in [3.8, 4) is 5.75 Å². The fourth-order valence-electron chi connectivity index (χ4n) is 2.19. The lowest BCUT2D eigenvalue weighted by atomic mass is 10.2. The van der Waals surface area contributed by atoms with Gasteiger partial charge in [-0.15, -0.1) is 0 Å². The van der Waals surface area contributed by atoms with E-state index < -0.39 is 10.0 Å². The molecule has 0 heterocycles. The molecular formula is C13H19NO3S. The van der Waals surface area contributed by atoms with Gasteiger partial charge in [-0.2, -0.15) is 0 Å². The van der Waals surface area contributed by atoms with E-state index in [9.17, 15) is 8.42 Å². The van der Waals surface area contributed by atoms with E-state index in [1.54, 1.807) is 6.92 Å². The second-order valence-corrected chi connectivity index (χ2v) is 6.57. The summed E-state index contributed by atoms with van der Waals surface area (Å²) in [5.41, 5.74) is 0. The number of rotatable bonds is 5. The van der Waals surface area contributed by atoms with Crippen molar-refractivity contribution in [2.45, 2.75) is 38.3 Å². The summed E-state index contributed by atoms with van der Waals surface area (Å²) in [6.45, 7) is 1.64. The van der Waals surface area contributed by atoms with Gasteiger partial charge in [0.1, 0.15) is 11.9 Å². The Bertz CT molecular complexity index is 472. The molecule has 2 atom stereocenters. The number of hydrogen-bond donors (Lipinski definition) is 1. The van der Waals surface area contributed by atoms with Gasteiger partial charge in [0.2, 0.25) is 10.0 Å². The zero-order valence-electron chi connectivity index (χ0n) is 10.5. The molecule has 1 N–H and O–H groups in total. The lowest BCUT2D eigenvalue weighted by Crippen LogP contribution is -2.42. The first-order chi connectivity index (χ1) is 8.61. The molecule has 0 saturated heterocycles. The third kappa shape index (κ3) is 3.46. The lowest BCUT2D eigenvalue weighted by molar-refractivity contribution is 0.185. The number of benzene rings is 1. The third-order valence-corrected chi connectivity index (χ3v) is 4.62. The summed E-state index contributed by atoms with van der Waals surface area (Å²) in [6, 6.07) is 9.44. The van der Waals surface area contributed by atoms with Crippen LogP contribution in [0, 0.1) is 0 Å². The lowest BCUT2D eigenvalue weighted by Gasteiger charge is -2.22. The molecule has 1 aromatic carbocycles. The molecule has 0 aliphatic heterocycles. The van der Waals surface area contributed by atoms with Gasteiger partial charge in [0.05, 0.1) is 11.8 Å². The Kier molecular flexibility index (Phi) is 4.24. The molecule has 1 fully saturated rings. The summed E-state index contributed by atoms with van der Waals surface area (Å²) in [4.78, 5) is 0. The van der Waals surface area contributed by atoms with E-state index in [2.05, 4.69) is 4.72 Å². The van der Waals surface area contributed by atoms with Crippen LogP contribution < -0.4 is 9.46 Å². The monoisotopic (exact) mass is 269 g/mol. The highest BCUT2D eigenvalue weighted by Gasteiger charge is 2.31. The van der Waals surface area contributed by atoms with Crippen LogP contribution in [0.2, 0.25) is 0 Å². The van der Waals surface area contributed by atoms with Crippen LogP contribution in [0.5, 0.6) is 5.75 Å². The summed E-state index contributed by atoms with van der Waals surface area (Å²) >= 11 is 0. The van der Waals surface area contributed by atoms with Crippen molar-refractivity contribution < 1.29 is 13.2 Å². The molecule has 0 bridgehead atoms. The first kappa shape index (κ1) is 13.4. The SMILES string of the molecule is CCS(=O)(=O)N[C@H]1CCC[C@H]1Oc1ccccc1. The minimum absolute atomic E-state index is 0.0614. The fraction of sp³-hybridized carbons (Fsp3) is 0.538. The molecule has 0 radical (unpaired) electrons. The first-order valence-electron chi connectivity index (χ1n) is 6.32. The van der Waals surface area contributed by atoms with Crippen LogP contribution in [0.25, 0.3) is 0 Å².